The van der Waals surface area contributed by atoms with E-state index in [-0.39, 0.29) is 6.10 Å². The van der Waals surface area contributed by atoms with Gasteiger partial charge >= 0.3 is 0 Å². The average Bonchev–Trinajstić information content (AvgIpc) is 3.09. The zero-order valence-corrected chi connectivity index (χ0v) is 12.9. The van der Waals surface area contributed by atoms with E-state index in [4.69, 9.17) is 4.42 Å². The van der Waals surface area contributed by atoms with Crippen LogP contribution in [0.1, 0.15) is 42.8 Å². The van der Waals surface area contributed by atoms with Crippen molar-refractivity contribution in [3.05, 3.63) is 41.7 Å². The van der Waals surface area contributed by atoms with E-state index in [0.717, 1.165) is 43.7 Å². The summed E-state index contributed by atoms with van der Waals surface area (Å²) in [6, 6.07) is 5.81. The van der Waals surface area contributed by atoms with Gasteiger partial charge in [-0.05, 0) is 43.7 Å². The molecule has 0 radical (unpaired) electrons. The van der Waals surface area contributed by atoms with E-state index in [1.807, 2.05) is 12.1 Å². The number of rotatable bonds is 5. The number of furan rings is 1. The number of anilines is 1. The lowest BCUT2D eigenvalue weighted by molar-refractivity contribution is 0.108. The van der Waals surface area contributed by atoms with Crippen LogP contribution >= 0.6 is 0 Å². The van der Waals surface area contributed by atoms with Gasteiger partial charge in [-0.1, -0.05) is 0 Å². The molecule has 6 nitrogen and oxygen atoms in total. The third-order valence-electron chi connectivity index (χ3n) is 4.26. The molecule has 1 aliphatic rings. The lowest BCUT2D eigenvalue weighted by atomic mass is 9.85. The van der Waals surface area contributed by atoms with E-state index in [1.54, 1.807) is 12.5 Å². The van der Waals surface area contributed by atoms with Gasteiger partial charge in [0.2, 0.25) is 0 Å². The molecule has 6 heteroatoms. The topological polar surface area (TPSA) is 95.0 Å². The molecule has 2 aromatic heterocycles. The second-order valence-electron chi connectivity index (χ2n) is 5.97. The monoisotopic (exact) mass is 312 g/mol. The summed E-state index contributed by atoms with van der Waals surface area (Å²) in [5, 5.41) is 21.9. The van der Waals surface area contributed by atoms with Gasteiger partial charge in [-0.25, -0.2) is 9.97 Å². The Morgan fingerprint density at radius 2 is 2.17 bits per heavy atom. The molecule has 0 spiro atoms. The normalized spacial score (nSPS) is 20.9. The zero-order valence-electron chi connectivity index (χ0n) is 12.9. The van der Waals surface area contributed by atoms with Crippen molar-refractivity contribution >= 4 is 5.82 Å². The Balaban J connectivity index is 1.67. The van der Waals surface area contributed by atoms with E-state index >= 15 is 0 Å². The fraction of sp³-hybridized carbons (Fsp3) is 0.471. The molecule has 23 heavy (non-hydrogen) atoms. The SMILES string of the molecule is N#Cc1cnc(C[C@H]2CC[C@H](O)CC2)nc1NCc1ccco1. The Bertz CT molecular complexity index is 670. The van der Waals surface area contributed by atoms with Crippen LogP contribution in [0.2, 0.25) is 0 Å². The molecule has 2 N–H and O–H groups in total. The summed E-state index contributed by atoms with van der Waals surface area (Å²) >= 11 is 0. The second kappa shape index (κ2) is 7.25. The highest BCUT2D eigenvalue weighted by molar-refractivity contribution is 5.50. The number of aliphatic hydroxyl groups is 1. The zero-order chi connectivity index (χ0) is 16.1. The van der Waals surface area contributed by atoms with Crippen LogP contribution in [-0.4, -0.2) is 21.2 Å². The van der Waals surface area contributed by atoms with Gasteiger partial charge in [0.15, 0.2) is 0 Å². The highest BCUT2D eigenvalue weighted by Crippen LogP contribution is 2.27. The molecule has 0 unspecified atom stereocenters. The maximum atomic E-state index is 9.58. The summed E-state index contributed by atoms with van der Waals surface area (Å²) in [5.41, 5.74) is 0.430. The molecular formula is C17H20N4O2. The van der Waals surface area contributed by atoms with Crippen molar-refractivity contribution in [2.45, 2.75) is 44.8 Å². The summed E-state index contributed by atoms with van der Waals surface area (Å²) in [5.74, 6) is 2.58. The Labute approximate surface area is 135 Å². The van der Waals surface area contributed by atoms with Crippen LogP contribution in [0, 0.1) is 17.2 Å². The van der Waals surface area contributed by atoms with Crippen LogP contribution in [0.3, 0.4) is 0 Å². The molecule has 0 aliphatic heterocycles. The molecule has 1 aliphatic carbocycles. The van der Waals surface area contributed by atoms with Gasteiger partial charge in [-0.2, -0.15) is 5.26 Å². The second-order valence-corrected chi connectivity index (χ2v) is 5.97. The molecule has 0 bridgehead atoms. The Morgan fingerprint density at radius 3 is 2.87 bits per heavy atom. The summed E-state index contributed by atoms with van der Waals surface area (Å²) in [7, 11) is 0. The van der Waals surface area contributed by atoms with E-state index in [2.05, 4.69) is 21.4 Å². The molecule has 0 amide bonds. The van der Waals surface area contributed by atoms with Crippen molar-refractivity contribution < 1.29 is 9.52 Å². The van der Waals surface area contributed by atoms with Crippen molar-refractivity contribution in [2.75, 3.05) is 5.32 Å². The van der Waals surface area contributed by atoms with Crippen LogP contribution in [-0.2, 0) is 13.0 Å². The van der Waals surface area contributed by atoms with E-state index in [1.165, 1.54) is 0 Å². The van der Waals surface area contributed by atoms with Gasteiger partial charge in [-0.15, -0.1) is 0 Å². The number of aromatic nitrogens is 2. The van der Waals surface area contributed by atoms with Gasteiger partial charge in [0.1, 0.15) is 29.0 Å². The number of aliphatic hydroxyl groups excluding tert-OH is 1. The maximum Gasteiger partial charge on any atom is 0.148 e. The van der Waals surface area contributed by atoms with Crippen molar-refractivity contribution in [1.29, 1.82) is 5.26 Å². The quantitative estimate of drug-likeness (QED) is 0.881. The van der Waals surface area contributed by atoms with Crippen LogP contribution in [0.25, 0.3) is 0 Å². The van der Waals surface area contributed by atoms with Gasteiger partial charge in [-0.3, -0.25) is 0 Å². The van der Waals surface area contributed by atoms with Crippen LogP contribution in [0.15, 0.2) is 29.0 Å². The smallest absolute Gasteiger partial charge is 0.148 e. The number of nitrogens with one attached hydrogen (secondary N) is 1. The summed E-state index contributed by atoms with van der Waals surface area (Å²) in [6.07, 6.45) is 7.52. The fourth-order valence-corrected chi connectivity index (χ4v) is 2.92. The minimum absolute atomic E-state index is 0.154. The number of nitrogens with zero attached hydrogens (tertiary/aromatic N) is 3. The summed E-state index contributed by atoms with van der Waals surface area (Å²) in [4.78, 5) is 8.82. The largest absolute Gasteiger partial charge is 0.467 e. The number of hydrogen-bond donors (Lipinski definition) is 2. The van der Waals surface area contributed by atoms with E-state index in [0.29, 0.717) is 23.8 Å². The van der Waals surface area contributed by atoms with Gasteiger partial charge in [0, 0.05) is 6.42 Å². The minimum Gasteiger partial charge on any atom is -0.467 e. The van der Waals surface area contributed by atoms with Gasteiger partial charge < -0.3 is 14.8 Å². The van der Waals surface area contributed by atoms with Crippen LogP contribution < -0.4 is 5.32 Å². The first-order chi connectivity index (χ1) is 11.2. The summed E-state index contributed by atoms with van der Waals surface area (Å²) < 4.78 is 5.28. The van der Waals surface area contributed by atoms with Crippen molar-refractivity contribution in [3.8, 4) is 6.07 Å². The molecule has 2 heterocycles. The molecule has 1 fully saturated rings. The third kappa shape index (κ3) is 4.08. The molecule has 0 atom stereocenters. The summed E-state index contributed by atoms with van der Waals surface area (Å²) in [6.45, 7) is 0.480. The van der Waals surface area contributed by atoms with E-state index in [9.17, 15) is 10.4 Å². The third-order valence-corrected chi connectivity index (χ3v) is 4.26. The standard InChI is InChI=1S/C17H20N4O2/c18-9-13-10-19-16(8-12-3-5-14(22)6-4-12)21-17(13)20-11-15-2-1-7-23-15/h1-2,7,10,12,14,22H,3-6,8,11H2,(H,19,20,21)/t12-,14-. The van der Waals surface area contributed by atoms with Gasteiger partial charge in [0.05, 0.1) is 25.1 Å². The predicted octanol–water partition coefficient (Wildman–Crippen LogP) is 2.65. The fourth-order valence-electron chi connectivity index (χ4n) is 2.92. The first kappa shape index (κ1) is 15.5. The Morgan fingerprint density at radius 1 is 1.35 bits per heavy atom. The van der Waals surface area contributed by atoms with Crippen LogP contribution in [0.4, 0.5) is 5.82 Å². The molecule has 0 saturated heterocycles. The molecule has 0 aromatic carbocycles. The van der Waals surface area contributed by atoms with Crippen molar-refractivity contribution in [1.82, 2.24) is 9.97 Å². The average molecular weight is 312 g/mol. The molecule has 1 saturated carbocycles. The highest BCUT2D eigenvalue weighted by Gasteiger charge is 2.21. The van der Waals surface area contributed by atoms with Crippen molar-refractivity contribution in [3.63, 3.8) is 0 Å². The lowest BCUT2D eigenvalue weighted by Crippen LogP contribution is -2.20. The van der Waals surface area contributed by atoms with Gasteiger partial charge in [0.25, 0.3) is 0 Å². The first-order valence-corrected chi connectivity index (χ1v) is 7.95. The minimum atomic E-state index is -0.154. The maximum absolute atomic E-state index is 9.58. The molecule has 120 valence electrons. The predicted molar refractivity (Wildman–Crippen MR) is 84.5 cm³/mol. The molecule has 3 rings (SSSR count). The Kier molecular flexibility index (Phi) is 4.89. The number of hydrogen-bond acceptors (Lipinski definition) is 6. The lowest BCUT2D eigenvalue weighted by Gasteiger charge is -2.24. The molecule has 2 aromatic rings. The Hall–Kier alpha value is -2.39. The van der Waals surface area contributed by atoms with Crippen molar-refractivity contribution in [2.24, 2.45) is 5.92 Å². The van der Waals surface area contributed by atoms with Crippen LogP contribution in [0.5, 0.6) is 0 Å². The highest BCUT2D eigenvalue weighted by atomic mass is 16.3. The molecular weight excluding hydrogens is 292 g/mol. The first-order valence-electron chi connectivity index (χ1n) is 7.95. The number of nitriles is 1. The van der Waals surface area contributed by atoms with E-state index < -0.39 is 0 Å².